The van der Waals surface area contributed by atoms with Crippen LogP contribution in [0.2, 0.25) is 0 Å². The molecule has 3 nitrogen and oxygen atoms in total. The Hall–Kier alpha value is -2.01. The van der Waals surface area contributed by atoms with Crippen LogP contribution in [0.5, 0.6) is 0 Å². The highest BCUT2D eigenvalue weighted by atomic mass is 32.2. The van der Waals surface area contributed by atoms with Crippen LogP contribution in [0.15, 0.2) is 41.3 Å². The molecule has 0 aliphatic rings. The zero-order valence-electron chi connectivity index (χ0n) is 11.9. The molecule has 0 heterocycles. The molecular formula is C16H17FN2OS. The monoisotopic (exact) mass is 304 g/mol. The number of nitrogen functional groups attached to an aromatic ring is 1. The van der Waals surface area contributed by atoms with Crippen molar-refractivity contribution >= 4 is 29.0 Å². The zero-order chi connectivity index (χ0) is 15.4. The van der Waals surface area contributed by atoms with E-state index in [2.05, 4.69) is 5.32 Å². The summed E-state index contributed by atoms with van der Waals surface area (Å²) in [5.74, 6) is -0.262. The first-order valence-electron chi connectivity index (χ1n) is 6.51. The molecule has 0 saturated heterocycles. The lowest BCUT2D eigenvalue weighted by molar-refractivity contribution is -0.113. The van der Waals surface area contributed by atoms with E-state index < -0.39 is 0 Å². The highest BCUT2D eigenvalue weighted by Gasteiger charge is 2.09. The van der Waals surface area contributed by atoms with Gasteiger partial charge in [0.15, 0.2) is 0 Å². The van der Waals surface area contributed by atoms with Gasteiger partial charge in [0.25, 0.3) is 0 Å². The maximum absolute atomic E-state index is 13.0. The molecular weight excluding hydrogens is 287 g/mol. The number of carbonyl (C=O) groups is 1. The van der Waals surface area contributed by atoms with Gasteiger partial charge in [0, 0.05) is 16.3 Å². The lowest BCUT2D eigenvalue weighted by atomic mass is 10.1. The third kappa shape index (κ3) is 3.98. The standard InChI is InChI=1S/C16H17FN2OS/c1-10-4-3-5-11(2)16(10)19-15(20)9-21-14-7-6-12(17)8-13(14)18/h3-8H,9,18H2,1-2H3,(H,19,20). The van der Waals surface area contributed by atoms with Crippen LogP contribution in [0.4, 0.5) is 15.8 Å². The fourth-order valence-corrected chi connectivity index (χ4v) is 2.73. The number of carbonyl (C=O) groups excluding carboxylic acids is 1. The molecule has 0 spiro atoms. The predicted octanol–water partition coefficient (Wildman–Crippen LogP) is 3.76. The summed E-state index contributed by atoms with van der Waals surface area (Å²) in [5.41, 5.74) is 8.95. The summed E-state index contributed by atoms with van der Waals surface area (Å²) in [6.07, 6.45) is 0. The Bertz CT molecular complexity index is 653. The largest absolute Gasteiger partial charge is 0.398 e. The van der Waals surface area contributed by atoms with E-state index in [0.717, 1.165) is 16.8 Å². The quantitative estimate of drug-likeness (QED) is 0.668. The number of rotatable bonds is 4. The second-order valence-corrected chi connectivity index (χ2v) is 5.80. The molecule has 0 unspecified atom stereocenters. The van der Waals surface area contributed by atoms with Crippen molar-refractivity contribution in [3.8, 4) is 0 Å². The van der Waals surface area contributed by atoms with Crippen molar-refractivity contribution in [3.63, 3.8) is 0 Å². The summed E-state index contributed by atoms with van der Waals surface area (Å²) in [4.78, 5) is 12.7. The molecule has 1 amide bonds. The summed E-state index contributed by atoms with van der Waals surface area (Å²) in [5, 5.41) is 2.90. The number of hydrogen-bond acceptors (Lipinski definition) is 3. The average Bonchev–Trinajstić information content (AvgIpc) is 2.42. The Morgan fingerprint density at radius 3 is 2.52 bits per heavy atom. The molecule has 0 saturated carbocycles. The Morgan fingerprint density at radius 1 is 1.24 bits per heavy atom. The van der Waals surface area contributed by atoms with Gasteiger partial charge in [-0.2, -0.15) is 0 Å². The molecule has 0 aliphatic heterocycles. The van der Waals surface area contributed by atoms with E-state index in [1.165, 1.54) is 23.9 Å². The van der Waals surface area contributed by atoms with E-state index >= 15 is 0 Å². The smallest absolute Gasteiger partial charge is 0.234 e. The van der Waals surface area contributed by atoms with Crippen LogP contribution >= 0.6 is 11.8 Å². The fourth-order valence-electron chi connectivity index (χ4n) is 1.98. The van der Waals surface area contributed by atoms with Crippen molar-refractivity contribution in [2.75, 3.05) is 16.8 Å². The van der Waals surface area contributed by atoms with Gasteiger partial charge in [-0.25, -0.2) is 4.39 Å². The van der Waals surface area contributed by atoms with E-state index in [0.29, 0.717) is 10.6 Å². The minimum atomic E-state index is -0.378. The summed E-state index contributed by atoms with van der Waals surface area (Å²) in [7, 11) is 0. The number of aryl methyl sites for hydroxylation is 2. The molecule has 5 heteroatoms. The van der Waals surface area contributed by atoms with Crippen molar-refractivity contribution in [3.05, 3.63) is 53.3 Å². The van der Waals surface area contributed by atoms with Crippen molar-refractivity contribution in [2.24, 2.45) is 0 Å². The average molecular weight is 304 g/mol. The number of amides is 1. The van der Waals surface area contributed by atoms with Crippen LogP contribution in [0.1, 0.15) is 11.1 Å². The van der Waals surface area contributed by atoms with Gasteiger partial charge in [-0.05, 0) is 43.2 Å². The number of benzene rings is 2. The maximum Gasteiger partial charge on any atom is 0.234 e. The topological polar surface area (TPSA) is 55.1 Å². The highest BCUT2D eigenvalue weighted by Crippen LogP contribution is 2.26. The number of anilines is 2. The summed E-state index contributed by atoms with van der Waals surface area (Å²) >= 11 is 1.29. The fraction of sp³-hybridized carbons (Fsp3) is 0.188. The van der Waals surface area contributed by atoms with Gasteiger partial charge in [-0.3, -0.25) is 4.79 Å². The summed E-state index contributed by atoms with van der Waals surface area (Å²) in [6.45, 7) is 3.90. The first kappa shape index (κ1) is 15.4. The minimum Gasteiger partial charge on any atom is -0.398 e. The van der Waals surface area contributed by atoms with Crippen LogP contribution in [0, 0.1) is 19.7 Å². The first-order chi connectivity index (χ1) is 9.97. The van der Waals surface area contributed by atoms with Gasteiger partial charge < -0.3 is 11.1 Å². The molecule has 0 bridgehead atoms. The van der Waals surface area contributed by atoms with Crippen LogP contribution in [-0.4, -0.2) is 11.7 Å². The van der Waals surface area contributed by atoms with Gasteiger partial charge in [-0.1, -0.05) is 18.2 Å². The van der Waals surface area contributed by atoms with Crippen LogP contribution < -0.4 is 11.1 Å². The van der Waals surface area contributed by atoms with Crippen LogP contribution in [0.3, 0.4) is 0 Å². The summed E-state index contributed by atoms with van der Waals surface area (Å²) in [6, 6.07) is 10.0. The molecule has 21 heavy (non-hydrogen) atoms. The van der Waals surface area contributed by atoms with E-state index in [-0.39, 0.29) is 17.5 Å². The number of para-hydroxylation sites is 1. The van der Waals surface area contributed by atoms with E-state index in [4.69, 9.17) is 5.73 Å². The second-order valence-electron chi connectivity index (χ2n) is 4.79. The van der Waals surface area contributed by atoms with Gasteiger partial charge >= 0.3 is 0 Å². The van der Waals surface area contributed by atoms with Crippen LogP contribution in [0.25, 0.3) is 0 Å². The molecule has 2 aromatic rings. The van der Waals surface area contributed by atoms with Crippen molar-refractivity contribution in [2.45, 2.75) is 18.7 Å². The lowest BCUT2D eigenvalue weighted by Gasteiger charge is -2.11. The third-order valence-corrected chi connectivity index (χ3v) is 4.17. The Morgan fingerprint density at radius 2 is 1.90 bits per heavy atom. The highest BCUT2D eigenvalue weighted by molar-refractivity contribution is 8.00. The number of halogens is 1. The normalized spacial score (nSPS) is 10.4. The first-order valence-corrected chi connectivity index (χ1v) is 7.50. The van der Waals surface area contributed by atoms with Gasteiger partial charge in [0.05, 0.1) is 5.75 Å². The molecule has 2 aromatic carbocycles. The Balaban J connectivity index is 1.99. The SMILES string of the molecule is Cc1cccc(C)c1NC(=O)CSc1ccc(F)cc1N. The molecule has 3 N–H and O–H groups in total. The van der Waals surface area contributed by atoms with Crippen molar-refractivity contribution in [1.29, 1.82) is 0 Å². The van der Waals surface area contributed by atoms with E-state index in [9.17, 15) is 9.18 Å². The summed E-state index contributed by atoms with van der Waals surface area (Å²) < 4.78 is 13.0. The molecule has 0 fully saturated rings. The number of hydrogen-bond donors (Lipinski definition) is 2. The van der Waals surface area contributed by atoms with Crippen LogP contribution in [-0.2, 0) is 4.79 Å². The lowest BCUT2D eigenvalue weighted by Crippen LogP contribution is -2.15. The molecule has 0 radical (unpaired) electrons. The number of nitrogens with one attached hydrogen (secondary N) is 1. The van der Waals surface area contributed by atoms with Gasteiger partial charge in [-0.15, -0.1) is 11.8 Å². The molecule has 0 aliphatic carbocycles. The number of thioether (sulfide) groups is 1. The molecule has 0 aromatic heterocycles. The maximum atomic E-state index is 13.0. The molecule has 0 atom stereocenters. The molecule has 110 valence electrons. The second kappa shape index (κ2) is 6.63. The van der Waals surface area contributed by atoms with E-state index in [1.54, 1.807) is 6.07 Å². The Kier molecular flexibility index (Phi) is 4.85. The molecule has 2 rings (SSSR count). The zero-order valence-corrected chi connectivity index (χ0v) is 12.8. The Labute approximate surface area is 127 Å². The van der Waals surface area contributed by atoms with Gasteiger partial charge in [0.1, 0.15) is 5.82 Å². The number of nitrogens with two attached hydrogens (primary N) is 1. The van der Waals surface area contributed by atoms with Crippen molar-refractivity contribution < 1.29 is 9.18 Å². The predicted molar refractivity (Wildman–Crippen MR) is 86.1 cm³/mol. The minimum absolute atomic E-state index is 0.110. The van der Waals surface area contributed by atoms with Gasteiger partial charge in [0.2, 0.25) is 5.91 Å². The van der Waals surface area contributed by atoms with E-state index in [1.807, 2.05) is 32.0 Å². The van der Waals surface area contributed by atoms with Crippen molar-refractivity contribution in [1.82, 2.24) is 0 Å². The third-order valence-electron chi connectivity index (χ3n) is 3.08.